The quantitative estimate of drug-likeness (QED) is 0.726. The third-order valence-electron chi connectivity index (χ3n) is 4.17. The van der Waals surface area contributed by atoms with Crippen LogP contribution in [0.3, 0.4) is 0 Å². The zero-order valence-electron chi connectivity index (χ0n) is 10.1. The number of piperidine rings is 2. The predicted octanol–water partition coefficient (Wildman–Crippen LogP) is 3.01. The van der Waals surface area contributed by atoms with Crippen LogP contribution in [0.15, 0.2) is 24.3 Å². The summed E-state index contributed by atoms with van der Waals surface area (Å²) in [6.45, 7) is 4.73. The second kappa shape index (κ2) is 4.05. The van der Waals surface area contributed by atoms with E-state index >= 15 is 0 Å². The molecule has 0 atom stereocenters. The largest absolute Gasteiger partial charge is 0.305 e. The van der Waals surface area contributed by atoms with Gasteiger partial charge in [0.2, 0.25) is 0 Å². The summed E-state index contributed by atoms with van der Waals surface area (Å²) in [5.74, 6) is 0.963. The number of likely N-dealkylation sites (N-methyl/N-ethyl adjacent to an activating group) is 1. The summed E-state index contributed by atoms with van der Waals surface area (Å²) in [4.78, 5) is 2.50. The van der Waals surface area contributed by atoms with E-state index in [1.54, 1.807) is 5.56 Å². The maximum absolute atomic E-state index is 2.50. The number of hydrogen-bond acceptors (Lipinski definition) is 1. The lowest BCUT2D eigenvalue weighted by molar-refractivity contribution is 0.0104. The minimum absolute atomic E-state index is 0. The molecular weight excluding hydrogens is 218 g/mol. The number of hydrogen-bond donors (Lipinski definition) is 0. The standard InChI is InChI=1S/C14H19N.ClH/c1-11-3-5-13(6-4-11)14-7-12(8-14)9-15(2)10-14;/h3-6,12H,7-10H2,1-2H3;1H. The van der Waals surface area contributed by atoms with Crippen LogP contribution >= 0.6 is 12.4 Å². The molecule has 4 rings (SSSR count). The summed E-state index contributed by atoms with van der Waals surface area (Å²) in [7, 11) is 2.26. The molecule has 3 fully saturated rings. The first-order valence-electron chi connectivity index (χ1n) is 5.94. The van der Waals surface area contributed by atoms with Crippen molar-refractivity contribution in [3.63, 3.8) is 0 Å². The molecule has 1 aromatic rings. The number of rotatable bonds is 1. The van der Waals surface area contributed by atoms with Gasteiger partial charge in [-0.05, 0) is 38.3 Å². The fourth-order valence-corrected chi connectivity index (χ4v) is 3.56. The fourth-order valence-electron chi connectivity index (χ4n) is 3.56. The van der Waals surface area contributed by atoms with E-state index in [0.29, 0.717) is 5.41 Å². The highest BCUT2D eigenvalue weighted by Crippen LogP contribution is 2.51. The molecule has 0 spiro atoms. The van der Waals surface area contributed by atoms with Gasteiger partial charge in [0.15, 0.2) is 0 Å². The molecule has 2 bridgehead atoms. The highest BCUT2D eigenvalue weighted by Gasteiger charge is 2.49. The highest BCUT2D eigenvalue weighted by atomic mass is 35.5. The Bertz CT molecular complexity index is 365. The molecule has 0 N–H and O–H groups in total. The number of nitrogens with zero attached hydrogens (tertiary/aromatic N) is 1. The third kappa shape index (κ3) is 1.76. The Morgan fingerprint density at radius 2 is 1.81 bits per heavy atom. The molecule has 0 radical (unpaired) electrons. The number of halogens is 1. The molecule has 16 heavy (non-hydrogen) atoms. The lowest BCUT2D eigenvalue weighted by Crippen LogP contribution is -2.57. The predicted molar refractivity (Wildman–Crippen MR) is 70.3 cm³/mol. The van der Waals surface area contributed by atoms with Crippen LogP contribution in [0.4, 0.5) is 0 Å². The van der Waals surface area contributed by atoms with Gasteiger partial charge in [0.25, 0.3) is 0 Å². The number of fused-ring (bicyclic) bond motifs is 2. The van der Waals surface area contributed by atoms with Gasteiger partial charge in [-0.1, -0.05) is 29.8 Å². The summed E-state index contributed by atoms with van der Waals surface area (Å²) in [5, 5.41) is 0. The Balaban J connectivity index is 0.000000963. The van der Waals surface area contributed by atoms with Crippen LogP contribution in [0.1, 0.15) is 24.0 Å². The highest BCUT2D eigenvalue weighted by molar-refractivity contribution is 5.85. The molecule has 2 heteroatoms. The summed E-state index contributed by atoms with van der Waals surface area (Å²) >= 11 is 0. The molecule has 3 aliphatic rings. The van der Waals surface area contributed by atoms with Gasteiger partial charge < -0.3 is 4.90 Å². The van der Waals surface area contributed by atoms with Crippen LogP contribution in [0.5, 0.6) is 0 Å². The van der Waals surface area contributed by atoms with Gasteiger partial charge in [0, 0.05) is 18.5 Å². The van der Waals surface area contributed by atoms with Gasteiger partial charge in [-0.3, -0.25) is 0 Å². The smallest absolute Gasteiger partial charge is 0.00864 e. The van der Waals surface area contributed by atoms with E-state index in [2.05, 4.69) is 43.1 Å². The summed E-state index contributed by atoms with van der Waals surface area (Å²) in [5.41, 5.74) is 3.44. The molecule has 0 unspecified atom stereocenters. The summed E-state index contributed by atoms with van der Waals surface area (Å²) in [6, 6.07) is 9.19. The topological polar surface area (TPSA) is 3.24 Å². The Morgan fingerprint density at radius 3 is 2.38 bits per heavy atom. The van der Waals surface area contributed by atoms with Crippen LogP contribution < -0.4 is 0 Å². The zero-order valence-corrected chi connectivity index (χ0v) is 10.9. The number of aryl methyl sites for hydroxylation is 1. The summed E-state index contributed by atoms with van der Waals surface area (Å²) < 4.78 is 0. The van der Waals surface area contributed by atoms with Crippen LogP contribution in [0.25, 0.3) is 0 Å². The lowest BCUT2D eigenvalue weighted by atomic mass is 9.56. The van der Waals surface area contributed by atoms with Crippen molar-refractivity contribution in [2.75, 3.05) is 20.1 Å². The minimum Gasteiger partial charge on any atom is -0.305 e. The molecule has 2 heterocycles. The monoisotopic (exact) mass is 237 g/mol. The van der Waals surface area contributed by atoms with E-state index in [0.717, 1.165) is 5.92 Å². The Labute approximate surface area is 104 Å². The minimum atomic E-state index is 0. The van der Waals surface area contributed by atoms with E-state index in [9.17, 15) is 0 Å². The molecule has 1 saturated carbocycles. The SMILES string of the molecule is Cc1ccc(C23CC(CN(C)C2)C3)cc1.Cl. The van der Waals surface area contributed by atoms with E-state index in [1.165, 1.54) is 31.5 Å². The van der Waals surface area contributed by atoms with Crippen molar-refractivity contribution >= 4 is 12.4 Å². The average Bonchev–Trinajstić information content (AvgIpc) is 2.16. The van der Waals surface area contributed by atoms with Gasteiger partial charge in [-0.25, -0.2) is 0 Å². The first-order chi connectivity index (χ1) is 7.18. The maximum Gasteiger partial charge on any atom is 0.00864 e. The van der Waals surface area contributed by atoms with E-state index in [1.807, 2.05) is 0 Å². The van der Waals surface area contributed by atoms with Crippen LogP contribution in [0.2, 0.25) is 0 Å². The molecule has 2 aliphatic heterocycles. The van der Waals surface area contributed by atoms with Crippen LogP contribution in [-0.4, -0.2) is 25.0 Å². The Hall–Kier alpha value is -0.530. The molecule has 0 amide bonds. The third-order valence-corrected chi connectivity index (χ3v) is 4.17. The molecule has 1 nitrogen and oxygen atoms in total. The molecule has 2 saturated heterocycles. The first kappa shape index (κ1) is 11.9. The maximum atomic E-state index is 2.50. The van der Waals surface area contributed by atoms with Gasteiger partial charge >= 0.3 is 0 Å². The molecule has 1 aliphatic carbocycles. The van der Waals surface area contributed by atoms with Crippen molar-refractivity contribution in [3.05, 3.63) is 35.4 Å². The Morgan fingerprint density at radius 1 is 1.19 bits per heavy atom. The van der Waals surface area contributed by atoms with Gasteiger partial charge in [0.1, 0.15) is 0 Å². The van der Waals surface area contributed by atoms with Gasteiger partial charge in [0.05, 0.1) is 0 Å². The van der Waals surface area contributed by atoms with Gasteiger partial charge in [-0.2, -0.15) is 0 Å². The average molecular weight is 238 g/mol. The lowest BCUT2D eigenvalue weighted by Gasteiger charge is -2.56. The number of benzene rings is 1. The van der Waals surface area contributed by atoms with E-state index in [4.69, 9.17) is 0 Å². The van der Waals surface area contributed by atoms with Crippen molar-refractivity contribution in [2.45, 2.75) is 25.2 Å². The van der Waals surface area contributed by atoms with Crippen molar-refractivity contribution in [3.8, 4) is 0 Å². The van der Waals surface area contributed by atoms with Crippen molar-refractivity contribution in [1.82, 2.24) is 4.90 Å². The van der Waals surface area contributed by atoms with Crippen LogP contribution in [-0.2, 0) is 5.41 Å². The molecule has 88 valence electrons. The van der Waals surface area contributed by atoms with Crippen molar-refractivity contribution < 1.29 is 0 Å². The van der Waals surface area contributed by atoms with Crippen molar-refractivity contribution in [1.29, 1.82) is 0 Å². The zero-order chi connectivity index (χ0) is 10.5. The molecular formula is C14H20ClN. The van der Waals surface area contributed by atoms with Crippen LogP contribution in [0, 0.1) is 12.8 Å². The molecule has 0 aromatic heterocycles. The second-order valence-corrected chi connectivity index (χ2v) is 5.62. The first-order valence-corrected chi connectivity index (χ1v) is 5.94. The second-order valence-electron chi connectivity index (χ2n) is 5.62. The van der Waals surface area contributed by atoms with E-state index < -0.39 is 0 Å². The van der Waals surface area contributed by atoms with Gasteiger partial charge in [-0.15, -0.1) is 12.4 Å². The van der Waals surface area contributed by atoms with Crippen molar-refractivity contribution in [2.24, 2.45) is 5.92 Å². The normalized spacial score (nSPS) is 32.8. The Kier molecular flexibility index (Phi) is 3.02. The molecule has 1 aromatic carbocycles. The summed E-state index contributed by atoms with van der Waals surface area (Å²) in [6.07, 6.45) is 2.83. The fraction of sp³-hybridized carbons (Fsp3) is 0.571. The van der Waals surface area contributed by atoms with E-state index in [-0.39, 0.29) is 12.4 Å².